The Morgan fingerprint density at radius 2 is 1.85 bits per heavy atom. The van der Waals surface area contributed by atoms with E-state index in [0.717, 1.165) is 43.2 Å². The predicted octanol–water partition coefficient (Wildman–Crippen LogP) is 2.83. The van der Waals surface area contributed by atoms with Gasteiger partial charge in [-0.05, 0) is 50.2 Å². The Bertz CT molecular complexity index is 760. The van der Waals surface area contributed by atoms with Gasteiger partial charge < -0.3 is 20.3 Å². The molecule has 0 unspecified atom stereocenters. The maximum atomic E-state index is 12.5. The van der Waals surface area contributed by atoms with Crippen LogP contribution in [0.25, 0.3) is 0 Å². The summed E-state index contributed by atoms with van der Waals surface area (Å²) in [7, 11) is 0. The van der Waals surface area contributed by atoms with Crippen LogP contribution in [0.15, 0.2) is 48.5 Å². The third kappa shape index (κ3) is 5.45. The standard InChI is InChI=1S/C21H26ClN3O2/c1-15(17-4-3-5-18(22)14-17)23-16(2)21(26)24-19-6-8-20(9-7-19)25-10-12-27-13-11-25/h3-9,14-16,23H,10-13H2,1-2H3,(H,24,26)/p+1/t15-,16-/m1/s1. The molecule has 144 valence electrons. The number of ether oxygens (including phenoxy) is 1. The molecule has 0 aliphatic carbocycles. The molecule has 1 fully saturated rings. The Hall–Kier alpha value is -2.08. The van der Waals surface area contributed by atoms with Crippen LogP contribution >= 0.6 is 11.6 Å². The maximum Gasteiger partial charge on any atom is 0.282 e. The number of hydrogen-bond acceptors (Lipinski definition) is 3. The summed E-state index contributed by atoms with van der Waals surface area (Å²) in [6.07, 6.45) is 0. The highest BCUT2D eigenvalue weighted by atomic mass is 35.5. The van der Waals surface area contributed by atoms with Crippen molar-refractivity contribution in [2.45, 2.75) is 25.9 Å². The zero-order chi connectivity index (χ0) is 19.2. The van der Waals surface area contributed by atoms with Crippen LogP contribution in [-0.2, 0) is 9.53 Å². The number of carbonyl (C=O) groups is 1. The van der Waals surface area contributed by atoms with Crippen LogP contribution < -0.4 is 15.5 Å². The highest BCUT2D eigenvalue weighted by Crippen LogP contribution is 2.19. The summed E-state index contributed by atoms with van der Waals surface area (Å²) < 4.78 is 5.38. The van der Waals surface area contributed by atoms with Crippen molar-refractivity contribution in [1.82, 2.24) is 0 Å². The Labute approximate surface area is 165 Å². The SMILES string of the molecule is C[C@@H]([NH2+][C@H](C)c1cccc(Cl)c1)C(=O)Nc1ccc(N2CCOCC2)cc1. The Morgan fingerprint density at radius 1 is 1.15 bits per heavy atom. The first kappa shape index (κ1) is 19.7. The highest BCUT2D eigenvalue weighted by Gasteiger charge is 2.20. The van der Waals surface area contributed by atoms with Crippen molar-refractivity contribution >= 4 is 28.9 Å². The van der Waals surface area contributed by atoms with Crippen molar-refractivity contribution < 1.29 is 14.8 Å². The van der Waals surface area contributed by atoms with Crippen LogP contribution in [0, 0.1) is 0 Å². The molecule has 0 aromatic heterocycles. The zero-order valence-corrected chi connectivity index (χ0v) is 16.6. The van der Waals surface area contributed by atoms with Crippen LogP contribution in [0.1, 0.15) is 25.5 Å². The quantitative estimate of drug-likeness (QED) is 0.800. The first-order chi connectivity index (χ1) is 13.0. The lowest BCUT2D eigenvalue weighted by Gasteiger charge is -2.28. The number of nitrogens with zero attached hydrogens (tertiary/aromatic N) is 1. The van der Waals surface area contributed by atoms with E-state index in [1.54, 1.807) is 0 Å². The summed E-state index contributed by atoms with van der Waals surface area (Å²) in [6.45, 7) is 7.32. The van der Waals surface area contributed by atoms with Gasteiger partial charge in [0, 0.05) is 35.1 Å². The lowest BCUT2D eigenvalue weighted by atomic mass is 10.1. The molecule has 1 aliphatic rings. The van der Waals surface area contributed by atoms with Crippen LogP contribution in [0.2, 0.25) is 5.02 Å². The minimum Gasteiger partial charge on any atom is -0.378 e. The van der Waals surface area contributed by atoms with E-state index in [-0.39, 0.29) is 18.0 Å². The number of hydrogen-bond donors (Lipinski definition) is 2. The molecule has 5 nitrogen and oxygen atoms in total. The van der Waals surface area contributed by atoms with Gasteiger partial charge in [-0.1, -0.05) is 23.7 Å². The number of benzene rings is 2. The average molecular weight is 389 g/mol. The smallest absolute Gasteiger partial charge is 0.282 e. The van der Waals surface area contributed by atoms with E-state index in [1.165, 1.54) is 0 Å². The minimum absolute atomic E-state index is 0.0111. The van der Waals surface area contributed by atoms with Crippen molar-refractivity contribution in [2.75, 3.05) is 36.5 Å². The third-order valence-corrected chi connectivity index (χ3v) is 5.11. The van der Waals surface area contributed by atoms with Gasteiger partial charge in [0.15, 0.2) is 6.04 Å². The number of carbonyl (C=O) groups excluding carboxylic acids is 1. The van der Waals surface area contributed by atoms with Crippen molar-refractivity contribution in [3.63, 3.8) is 0 Å². The number of morpholine rings is 1. The Kier molecular flexibility index (Phi) is 6.72. The molecule has 1 saturated heterocycles. The van der Waals surface area contributed by atoms with Gasteiger partial charge >= 0.3 is 0 Å². The Morgan fingerprint density at radius 3 is 2.52 bits per heavy atom. The molecule has 6 heteroatoms. The van der Waals surface area contributed by atoms with Gasteiger partial charge in [-0.3, -0.25) is 4.79 Å². The van der Waals surface area contributed by atoms with Crippen LogP contribution in [-0.4, -0.2) is 38.3 Å². The molecule has 1 amide bonds. The molecule has 0 radical (unpaired) electrons. The molecule has 2 aromatic carbocycles. The number of anilines is 2. The predicted molar refractivity (Wildman–Crippen MR) is 109 cm³/mol. The number of halogens is 1. The van der Waals surface area contributed by atoms with E-state index >= 15 is 0 Å². The van der Waals surface area contributed by atoms with E-state index in [2.05, 4.69) is 17.1 Å². The summed E-state index contributed by atoms with van der Waals surface area (Å²) >= 11 is 6.06. The van der Waals surface area contributed by atoms with Crippen molar-refractivity contribution in [2.24, 2.45) is 0 Å². The van der Waals surface area contributed by atoms with E-state index in [4.69, 9.17) is 16.3 Å². The second-order valence-corrected chi connectivity index (χ2v) is 7.40. The molecule has 0 spiro atoms. The summed E-state index contributed by atoms with van der Waals surface area (Å²) in [6, 6.07) is 15.7. The molecule has 0 saturated carbocycles. The minimum atomic E-state index is -0.210. The number of nitrogens with one attached hydrogen (secondary N) is 1. The van der Waals surface area contributed by atoms with Gasteiger partial charge in [0.2, 0.25) is 0 Å². The fourth-order valence-corrected chi connectivity index (χ4v) is 3.45. The summed E-state index contributed by atoms with van der Waals surface area (Å²) in [5.41, 5.74) is 3.08. The van der Waals surface area contributed by atoms with Crippen molar-refractivity contribution in [3.8, 4) is 0 Å². The molecule has 2 atom stereocenters. The van der Waals surface area contributed by atoms with Gasteiger partial charge in [-0.15, -0.1) is 0 Å². The van der Waals surface area contributed by atoms with Gasteiger partial charge in [0.25, 0.3) is 5.91 Å². The second kappa shape index (κ2) is 9.22. The number of quaternary nitrogens is 1. The van der Waals surface area contributed by atoms with Crippen LogP contribution in [0.4, 0.5) is 11.4 Å². The first-order valence-corrected chi connectivity index (χ1v) is 9.75. The maximum absolute atomic E-state index is 12.5. The third-order valence-electron chi connectivity index (χ3n) is 4.88. The number of amides is 1. The monoisotopic (exact) mass is 388 g/mol. The number of rotatable bonds is 6. The average Bonchev–Trinajstić information content (AvgIpc) is 2.69. The lowest BCUT2D eigenvalue weighted by Crippen LogP contribution is -2.91. The zero-order valence-electron chi connectivity index (χ0n) is 15.8. The van der Waals surface area contributed by atoms with Gasteiger partial charge in [-0.2, -0.15) is 0 Å². The summed E-state index contributed by atoms with van der Waals surface area (Å²) in [5.74, 6) is -0.0111. The van der Waals surface area contributed by atoms with Crippen molar-refractivity contribution in [1.29, 1.82) is 0 Å². The van der Waals surface area contributed by atoms with E-state index in [1.807, 2.05) is 60.8 Å². The first-order valence-electron chi connectivity index (χ1n) is 9.37. The highest BCUT2D eigenvalue weighted by molar-refractivity contribution is 6.30. The van der Waals surface area contributed by atoms with E-state index < -0.39 is 0 Å². The largest absolute Gasteiger partial charge is 0.378 e. The molecular formula is C21H27ClN3O2+. The van der Waals surface area contributed by atoms with E-state index in [9.17, 15) is 4.79 Å². The molecule has 1 aliphatic heterocycles. The van der Waals surface area contributed by atoms with Crippen LogP contribution in [0.5, 0.6) is 0 Å². The fraction of sp³-hybridized carbons (Fsp3) is 0.381. The molecule has 3 rings (SSSR count). The molecule has 27 heavy (non-hydrogen) atoms. The summed E-state index contributed by atoms with van der Waals surface area (Å²) in [4.78, 5) is 14.8. The normalized spacial score (nSPS) is 16.6. The number of nitrogens with two attached hydrogens (primary N) is 1. The Balaban J connectivity index is 1.54. The molecule has 1 heterocycles. The molecule has 3 N–H and O–H groups in total. The second-order valence-electron chi connectivity index (χ2n) is 6.96. The van der Waals surface area contributed by atoms with Crippen molar-refractivity contribution in [3.05, 3.63) is 59.1 Å². The van der Waals surface area contributed by atoms with Gasteiger partial charge in [0.05, 0.1) is 13.2 Å². The molecule has 0 bridgehead atoms. The topological polar surface area (TPSA) is 58.2 Å². The summed E-state index contributed by atoms with van der Waals surface area (Å²) in [5, 5.41) is 5.76. The van der Waals surface area contributed by atoms with Gasteiger partial charge in [0.1, 0.15) is 6.04 Å². The van der Waals surface area contributed by atoms with Gasteiger partial charge in [-0.25, -0.2) is 0 Å². The molecule has 2 aromatic rings. The fourth-order valence-electron chi connectivity index (χ4n) is 3.25. The molecular weight excluding hydrogens is 362 g/mol. The lowest BCUT2D eigenvalue weighted by molar-refractivity contribution is -0.709. The van der Waals surface area contributed by atoms with Crippen LogP contribution in [0.3, 0.4) is 0 Å². The van der Waals surface area contributed by atoms with E-state index in [0.29, 0.717) is 5.02 Å².